The van der Waals surface area contributed by atoms with Gasteiger partial charge in [-0.25, -0.2) is 0 Å². The zero-order valence-electron chi connectivity index (χ0n) is 8.61. The Morgan fingerprint density at radius 2 is 1.71 bits per heavy atom. The van der Waals surface area contributed by atoms with Crippen molar-refractivity contribution >= 4 is 0 Å². The highest BCUT2D eigenvalue weighted by Crippen LogP contribution is 2.23. The molecule has 1 nitrogen and oxygen atoms in total. The number of alkyl halides is 3. The standard InChI is InChI=1S/C8H9F3O.C2H6/c1-4-5-6(2)7(3)12-8(9,10)11;1-2/h4-5H,1,3H2,2H3;1-2H3/b6-5-;. The Bertz CT molecular complexity index is 214. The van der Waals surface area contributed by atoms with E-state index in [-0.39, 0.29) is 0 Å². The van der Waals surface area contributed by atoms with E-state index in [0.717, 1.165) is 0 Å². The molecular formula is C10H15F3O. The van der Waals surface area contributed by atoms with Crippen LogP contribution in [0.3, 0.4) is 0 Å². The zero-order chi connectivity index (χ0) is 11.8. The van der Waals surface area contributed by atoms with Crippen molar-refractivity contribution in [2.75, 3.05) is 0 Å². The monoisotopic (exact) mass is 208 g/mol. The van der Waals surface area contributed by atoms with Crippen LogP contribution < -0.4 is 0 Å². The van der Waals surface area contributed by atoms with Crippen LogP contribution in [0.25, 0.3) is 0 Å². The first-order valence-corrected chi connectivity index (χ1v) is 4.11. The van der Waals surface area contributed by atoms with E-state index in [4.69, 9.17) is 0 Å². The van der Waals surface area contributed by atoms with E-state index >= 15 is 0 Å². The molecule has 0 radical (unpaired) electrons. The Balaban J connectivity index is 0. The van der Waals surface area contributed by atoms with Gasteiger partial charge >= 0.3 is 6.36 Å². The average molecular weight is 208 g/mol. The lowest BCUT2D eigenvalue weighted by atomic mass is 10.2. The SMILES string of the molecule is C=C/C=C(/C)C(=C)OC(F)(F)F.CC. The van der Waals surface area contributed by atoms with Gasteiger partial charge in [-0.05, 0) is 12.5 Å². The van der Waals surface area contributed by atoms with Crippen LogP contribution in [-0.4, -0.2) is 6.36 Å². The summed E-state index contributed by atoms with van der Waals surface area (Å²) >= 11 is 0. The number of allylic oxidation sites excluding steroid dienone is 3. The summed E-state index contributed by atoms with van der Waals surface area (Å²) in [5.41, 5.74) is 0.294. The highest BCUT2D eigenvalue weighted by molar-refractivity contribution is 5.24. The van der Waals surface area contributed by atoms with Crippen LogP contribution in [0.15, 0.2) is 36.6 Å². The summed E-state index contributed by atoms with van der Waals surface area (Å²) < 4.78 is 38.3. The van der Waals surface area contributed by atoms with Crippen molar-refractivity contribution in [1.82, 2.24) is 0 Å². The first-order valence-electron chi connectivity index (χ1n) is 4.11. The van der Waals surface area contributed by atoms with Gasteiger partial charge in [0, 0.05) is 0 Å². The second-order valence-electron chi connectivity index (χ2n) is 2.06. The third-order valence-corrected chi connectivity index (χ3v) is 1.05. The van der Waals surface area contributed by atoms with Crippen LogP contribution in [0, 0.1) is 0 Å². The maximum absolute atomic E-state index is 11.6. The van der Waals surface area contributed by atoms with E-state index in [1.165, 1.54) is 19.1 Å². The van der Waals surface area contributed by atoms with Gasteiger partial charge in [-0.15, -0.1) is 13.2 Å². The molecule has 0 N–H and O–H groups in total. The van der Waals surface area contributed by atoms with E-state index < -0.39 is 12.1 Å². The summed E-state index contributed by atoms with van der Waals surface area (Å²) in [6.45, 7) is 11.9. The molecule has 0 heterocycles. The van der Waals surface area contributed by atoms with Crippen LogP contribution >= 0.6 is 0 Å². The minimum atomic E-state index is -4.67. The number of hydrogen-bond acceptors (Lipinski definition) is 1. The molecule has 0 aromatic rings. The van der Waals surface area contributed by atoms with Gasteiger partial charge in [0.25, 0.3) is 0 Å². The molecule has 0 rings (SSSR count). The average Bonchev–Trinajstić information content (AvgIpc) is 2.05. The second-order valence-corrected chi connectivity index (χ2v) is 2.06. The van der Waals surface area contributed by atoms with Crippen molar-refractivity contribution in [2.45, 2.75) is 27.1 Å². The van der Waals surface area contributed by atoms with Crippen molar-refractivity contribution in [3.8, 4) is 0 Å². The van der Waals surface area contributed by atoms with E-state index in [0.29, 0.717) is 5.57 Å². The molecule has 0 atom stereocenters. The largest absolute Gasteiger partial charge is 0.573 e. The molecule has 0 fully saturated rings. The molecular weight excluding hydrogens is 193 g/mol. The van der Waals surface area contributed by atoms with Gasteiger partial charge in [-0.3, -0.25) is 0 Å². The van der Waals surface area contributed by atoms with Crippen LogP contribution in [0.4, 0.5) is 13.2 Å². The molecule has 4 heteroatoms. The predicted molar refractivity (Wildman–Crippen MR) is 51.6 cm³/mol. The first-order chi connectivity index (χ1) is 6.37. The zero-order valence-corrected chi connectivity index (χ0v) is 8.61. The summed E-state index contributed by atoms with van der Waals surface area (Å²) in [5.74, 6) is -0.414. The van der Waals surface area contributed by atoms with Crippen molar-refractivity contribution in [3.05, 3.63) is 36.6 Å². The second kappa shape index (κ2) is 7.24. The highest BCUT2D eigenvalue weighted by Gasteiger charge is 2.31. The van der Waals surface area contributed by atoms with Gasteiger partial charge < -0.3 is 4.74 Å². The lowest BCUT2D eigenvalue weighted by molar-refractivity contribution is -0.303. The Morgan fingerprint density at radius 1 is 1.29 bits per heavy atom. The third-order valence-electron chi connectivity index (χ3n) is 1.05. The molecule has 0 aromatic heterocycles. The third kappa shape index (κ3) is 8.90. The fourth-order valence-corrected chi connectivity index (χ4v) is 0.490. The lowest BCUT2D eigenvalue weighted by Crippen LogP contribution is -2.12. The van der Waals surface area contributed by atoms with E-state index in [1.807, 2.05) is 13.8 Å². The maximum atomic E-state index is 11.6. The first kappa shape index (κ1) is 15.3. The Morgan fingerprint density at radius 3 is 2.00 bits per heavy atom. The molecule has 0 aromatic carbocycles. The number of hydrogen-bond donors (Lipinski definition) is 0. The van der Waals surface area contributed by atoms with E-state index in [2.05, 4.69) is 17.9 Å². The number of rotatable bonds is 3. The van der Waals surface area contributed by atoms with Crippen molar-refractivity contribution in [1.29, 1.82) is 0 Å². The Hall–Kier alpha value is -1.19. The normalized spacial score (nSPS) is 11.1. The molecule has 0 saturated carbocycles. The molecule has 0 amide bonds. The van der Waals surface area contributed by atoms with Crippen LogP contribution in [0.5, 0.6) is 0 Å². The van der Waals surface area contributed by atoms with Crippen molar-refractivity contribution in [2.24, 2.45) is 0 Å². The minimum Gasteiger partial charge on any atom is -0.406 e. The fraction of sp³-hybridized carbons (Fsp3) is 0.400. The molecule has 0 aliphatic rings. The van der Waals surface area contributed by atoms with E-state index in [9.17, 15) is 13.2 Å². The summed E-state index contributed by atoms with van der Waals surface area (Å²) in [4.78, 5) is 0. The fourth-order valence-electron chi connectivity index (χ4n) is 0.490. The van der Waals surface area contributed by atoms with Crippen molar-refractivity contribution in [3.63, 3.8) is 0 Å². The summed E-state index contributed by atoms with van der Waals surface area (Å²) in [7, 11) is 0. The lowest BCUT2D eigenvalue weighted by Gasteiger charge is -2.10. The minimum absolute atomic E-state index is 0.294. The Labute approximate surface area is 82.6 Å². The van der Waals surface area contributed by atoms with Crippen molar-refractivity contribution < 1.29 is 17.9 Å². The van der Waals surface area contributed by atoms with Gasteiger partial charge in [0.2, 0.25) is 0 Å². The van der Waals surface area contributed by atoms with Gasteiger partial charge in [-0.1, -0.05) is 39.2 Å². The predicted octanol–water partition coefficient (Wildman–Crippen LogP) is 4.20. The van der Waals surface area contributed by atoms with Gasteiger partial charge in [0.1, 0.15) is 5.76 Å². The molecule has 0 saturated heterocycles. The molecule has 0 aliphatic carbocycles. The molecule has 14 heavy (non-hydrogen) atoms. The number of ether oxygens (including phenoxy) is 1. The molecule has 0 unspecified atom stereocenters. The summed E-state index contributed by atoms with van der Waals surface area (Å²) in [6, 6.07) is 0. The van der Waals surface area contributed by atoms with Gasteiger partial charge in [0.15, 0.2) is 0 Å². The summed E-state index contributed by atoms with van der Waals surface area (Å²) in [5, 5.41) is 0. The molecule has 82 valence electrons. The maximum Gasteiger partial charge on any atom is 0.573 e. The van der Waals surface area contributed by atoms with Gasteiger partial charge in [0.05, 0.1) is 0 Å². The van der Waals surface area contributed by atoms with Gasteiger partial charge in [-0.2, -0.15) is 0 Å². The van der Waals surface area contributed by atoms with Crippen LogP contribution in [0.1, 0.15) is 20.8 Å². The molecule has 0 spiro atoms. The quantitative estimate of drug-likeness (QED) is 0.499. The highest BCUT2D eigenvalue weighted by atomic mass is 19.4. The molecule has 0 aliphatic heterocycles. The Kier molecular flexibility index (Phi) is 7.90. The molecule has 0 bridgehead atoms. The van der Waals surface area contributed by atoms with Crippen LogP contribution in [-0.2, 0) is 4.74 Å². The summed E-state index contributed by atoms with van der Waals surface area (Å²) in [6.07, 6.45) is -1.93. The van der Waals surface area contributed by atoms with Crippen LogP contribution in [0.2, 0.25) is 0 Å². The topological polar surface area (TPSA) is 9.23 Å². The number of halogens is 3. The van der Waals surface area contributed by atoms with E-state index in [1.54, 1.807) is 0 Å². The smallest absolute Gasteiger partial charge is 0.406 e.